The van der Waals surface area contributed by atoms with E-state index in [0.29, 0.717) is 50.6 Å². The van der Waals surface area contributed by atoms with Gasteiger partial charge in [0.15, 0.2) is 11.5 Å². The summed E-state index contributed by atoms with van der Waals surface area (Å²) in [5, 5.41) is 5.02. The Kier molecular flexibility index (Phi) is 11.5. The molecule has 36 heavy (non-hydrogen) atoms. The molecule has 8 nitrogen and oxygen atoms in total. The maximum atomic E-state index is 13.6. The molecular weight excluding hydrogens is 478 g/mol. The minimum Gasteiger partial charge on any atom is -0.493 e. The molecule has 0 aliphatic carbocycles. The van der Waals surface area contributed by atoms with Gasteiger partial charge in [-0.05, 0) is 75.2 Å². The van der Waals surface area contributed by atoms with E-state index in [1.54, 1.807) is 37.6 Å². The molecule has 200 valence electrons. The first-order valence-corrected chi connectivity index (χ1v) is 13.0. The molecule has 1 heterocycles. The van der Waals surface area contributed by atoms with Crippen molar-refractivity contribution in [3.05, 3.63) is 45.6 Å². The van der Waals surface area contributed by atoms with Gasteiger partial charge in [0.2, 0.25) is 5.91 Å². The zero-order valence-electron chi connectivity index (χ0n) is 22.7. The van der Waals surface area contributed by atoms with E-state index in [2.05, 4.69) is 18.3 Å². The number of hydrogen-bond donors (Lipinski definition) is 1. The third-order valence-corrected chi connectivity index (χ3v) is 6.65. The van der Waals surface area contributed by atoms with Crippen molar-refractivity contribution in [3.8, 4) is 11.5 Å². The number of carbonyl (C=O) groups excluding carboxylic acids is 2. The Morgan fingerprint density at radius 2 is 1.72 bits per heavy atom. The fourth-order valence-corrected chi connectivity index (χ4v) is 4.57. The molecule has 2 rings (SSSR count). The molecular formula is C27H41N3O5S. The first-order chi connectivity index (χ1) is 17.1. The predicted molar refractivity (Wildman–Crippen MR) is 144 cm³/mol. The van der Waals surface area contributed by atoms with Gasteiger partial charge in [0.25, 0.3) is 0 Å². The third kappa shape index (κ3) is 9.35. The monoisotopic (exact) mass is 519 g/mol. The van der Waals surface area contributed by atoms with Crippen LogP contribution in [0.15, 0.2) is 29.6 Å². The van der Waals surface area contributed by atoms with Crippen molar-refractivity contribution < 1.29 is 23.8 Å². The van der Waals surface area contributed by atoms with E-state index in [4.69, 9.17) is 14.2 Å². The Balaban J connectivity index is 2.20. The number of hydrogen-bond acceptors (Lipinski definition) is 6. The number of methoxy groups -OCH3 is 3. The second-order valence-corrected chi connectivity index (χ2v) is 10.7. The molecule has 0 bridgehead atoms. The van der Waals surface area contributed by atoms with E-state index in [1.807, 2.05) is 49.3 Å². The van der Waals surface area contributed by atoms with Crippen molar-refractivity contribution in [1.29, 1.82) is 0 Å². The molecule has 0 aliphatic heterocycles. The highest BCUT2D eigenvalue weighted by atomic mass is 32.1. The smallest absolute Gasteiger partial charge is 0.318 e. The van der Waals surface area contributed by atoms with Crippen LogP contribution < -0.4 is 14.8 Å². The fraction of sp³-hybridized carbons (Fsp3) is 0.556. The lowest BCUT2D eigenvalue weighted by Crippen LogP contribution is -2.52. The van der Waals surface area contributed by atoms with Gasteiger partial charge in [0.05, 0.1) is 20.8 Å². The summed E-state index contributed by atoms with van der Waals surface area (Å²) >= 11 is 1.64. The second-order valence-electron chi connectivity index (χ2n) is 9.73. The average Bonchev–Trinajstić information content (AvgIpc) is 3.23. The van der Waals surface area contributed by atoms with Gasteiger partial charge in [-0.3, -0.25) is 4.79 Å². The number of amides is 3. The number of carbonyl (C=O) groups is 2. The maximum absolute atomic E-state index is 13.6. The number of nitrogens with one attached hydrogen (secondary N) is 1. The summed E-state index contributed by atoms with van der Waals surface area (Å²) in [5.41, 5.74) is 1.79. The van der Waals surface area contributed by atoms with E-state index in [-0.39, 0.29) is 18.5 Å². The summed E-state index contributed by atoms with van der Waals surface area (Å²) in [6, 6.07) is 7.60. The van der Waals surface area contributed by atoms with Crippen molar-refractivity contribution >= 4 is 23.3 Å². The largest absolute Gasteiger partial charge is 0.493 e. The molecule has 3 amide bonds. The zero-order chi connectivity index (χ0) is 26.7. The number of thiophene rings is 1. The number of ether oxygens (including phenoxy) is 3. The van der Waals surface area contributed by atoms with E-state index in [9.17, 15) is 9.59 Å². The van der Waals surface area contributed by atoms with Crippen LogP contribution >= 0.6 is 11.3 Å². The van der Waals surface area contributed by atoms with Gasteiger partial charge in [-0.2, -0.15) is 0 Å². The van der Waals surface area contributed by atoms with E-state index >= 15 is 0 Å². The second kappa shape index (κ2) is 14.1. The van der Waals surface area contributed by atoms with Crippen LogP contribution in [-0.4, -0.2) is 74.8 Å². The van der Waals surface area contributed by atoms with Gasteiger partial charge in [-0.15, -0.1) is 11.3 Å². The van der Waals surface area contributed by atoms with Crippen LogP contribution in [0.25, 0.3) is 0 Å². The Labute approximate surface area is 219 Å². The number of urea groups is 1. The van der Waals surface area contributed by atoms with E-state index in [0.717, 1.165) is 16.0 Å². The molecule has 1 aromatic heterocycles. The summed E-state index contributed by atoms with van der Waals surface area (Å²) in [5.74, 6) is 1.23. The molecule has 9 heteroatoms. The van der Waals surface area contributed by atoms with Gasteiger partial charge in [0, 0.05) is 37.2 Å². The summed E-state index contributed by atoms with van der Waals surface area (Å²) in [6.07, 6.45) is 1.30. The van der Waals surface area contributed by atoms with E-state index in [1.165, 1.54) is 0 Å². The van der Waals surface area contributed by atoms with Gasteiger partial charge < -0.3 is 29.3 Å². The van der Waals surface area contributed by atoms with Crippen LogP contribution in [0.5, 0.6) is 11.5 Å². The van der Waals surface area contributed by atoms with Crippen molar-refractivity contribution in [2.45, 2.75) is 52.6 Å². The molecule has 1 aromatic carbocycles. The molecule has 0 aliphatic rings. The lowest BCUT2D eigenvalue weighted by atomic mass is 10.1. The number of benzene rings is 1. The number of rotatable bonds is 13. The van der Waals surface area contributed by atoms with Gasteiger partial charge >= 0.3 is 6.03 Å². The van der Waals surface area contributed by atoms with Crippen molar-refractivity contribution in [2.24, 2.45) is 0 Å². The highest BCUT2D eigenvalue weighted by Crippen LogP contribution is 2.28. The van der Waals surface area contributed by atoms with Crippen LogP contribution in [0, 0.1) is 6.92 Å². The molecule has 0 saturated heterocycles. The number of aryl methyl sites for hydroxylation is 1. The van der Waals surface area contributed by atoms with Crippen molar-refractivity contribution in [2.75, 3.05) is 47.6 Å². The van der Waals surface area contributed by atoms with Crippen LogP contribution in [0.3, 0.4) is 0 Å². The summed E-state index contributed by atoms with van der Waals surface area (Å²) < 4.78 is 15.9. The van der Waals surface area contributed by atoms with Crippen molar-refractivity contribution in [1.82, 2.24) is 15.1 Å². The van der Waals surface area contributed by atoms with E-state index < -0.39 is 5.54 Å². The standard InChI is InChI=1S/C27H41N3O5S/c1-20-12-16-36-24(20)18-29(14-11-21-9-10-22(34-6)23(17-21)35-7)25(31)19-30(13-8-15-33-5)26(32)28-27(2,3)4/h9-10,12,16-17H,8,11,13-15,18-19H2,1-7H3,(H,28,32). The molecule has 0 radical (unpaired) electrons. The van der Waals surface area contributed by atoms with Gasteiger partial charge in [-0.1, -0.05) is 6.07 Å². The first-order valence-electron chi connectivity index (χ1n) is 12.2. The molecule has 0 atom stereocenters. The number of nitrogens with zero attached hydrogens (tertiary/aromatic N) is 2. The Morgan fingerprint density at radius 1 is 1.00 bits per heavy atom. The minimum absolute atomic E-state index is 0.00197. The van der Waals surface area contributed by atoms with Gasteiger partial charge in [-0.25, -0.2) is 4.79 Å². The first kappa shape index (κ1) is 29.5. The van der Waals surface area contributed by atoms with Crippen LogP contribution in [-0.2, 0) is 22.5 Å². The lowest BCUT2D eigenvalue weighted by molar-refractivity contribution is -0.132. The maximum Gasteiger partial charge on any atom is 0.318 e. The average molecular weight is 520 g/mol. The topological polar surface area (TPSA) is 80.3 Å². The highest BCUT2D eigenvalue weighted by Gasteiger charge is 2.24. The van der Waals surface area contributed by atoms with Crippen LogP contribution in [0.2, 0.25) is 0 Å². The Bertz CT molecular complexity index is 986. The van der Waals surface area contributed by atoms with Crippen LogP contribution in [0.4, 0.5) is 4.79 Å². The zero-order valence-corrected chi connectivity index (χ0v) is 23.5. The predicted octanol–water partition coefficient (Wildman–Crippen LogP) is 4.49. The molecule has 1 N–H and O–H groups in total. The van der Waals surface area contributed by atoms with Crippen molar-refractivity contribution in [3.63, 3.8) is 0 Å². The Hall–Kier alpha value is -2.78. The Morgan fingerprint density at radius 3 is 2.31 bits per heavy atom. The molecule has 2 aromatic rings. The van der Waals surface area contributed by atoms with Crippen LogP contribution in [0.1, 0.15) is 43.2 Å². The molecule has 0 spiro atoms. The minimum atomic E-state index is -0.402. The fourth-order valence-electron chi connectivity index (χ4n) is 3.65. The molecule has 0 fully saturated rings. The lowest BCUT2D eigenvalue weighted by Gasteiger charge is -2.30. The van der Waals surface area contributed by atoms with Gasteiger partial charge in [0.1, 0.15) is 6.54 Å². The molecule has 0 unspecified atom stereocenters. The SMILES string of the molecule is COCCCN(CC(=O)N(CCc1ccc(OC)c(OC)c1)Cc1sccc1C)C(=O)NC(C)(C)C. The summed E-state index contributed by atoms with van der Waals surface area (Å²) in [7, 11) is 4.84. The summed E-state index contributed by atoms with van der Waals surface area (Å²) in [4.78, 5) is 31.1. The highest BCUT2D eigenvalue weighted by molar-refractivity contribution is 7.10. The quantitative estimate of drug-likeness (QED) is 0.395. The normalized spacial score (nSPS) is 11.2. The third-order valence-electron chi connectivity index (χ3n) is 5.65. The summed E-state index contributed by atoms with van der Waals surface area (Å²) in [6.45, 7) is 9.80. The molecule has 0 saturated carbocycles.